The number of alkyl halides is 3. The van der Waals surface area contributed by atoms with Crippen LogP contribution in [0.15, 0.2) is 23.3 Å². The van der Waals surface area contributed by atoms with Crippen LogP contribution in [0.4, 0.5) is 13.2 Å². The molecular weight excluding hydrogens is 237 g/mol. The zero-order valence-corrected chi connectivity index (χ0v) is 9.72. The first-order chi connectivity index (χ1) is 7.70. The van der Waals surface area contributed by atoms with Gasteiger partial charge in [-0.1, -0.05) is 11.6 Å². The van der Waals surface area contributed by atoms with Gasteiger partial charge in [0.05, 0.1) is 6.61 Å². The Hall–Kier alpha value is -1.59. The predicted octanol–water partition coefficient (Wildman–Crippen LogP) is 2.57. The van der Waals surface area contributed by atoms with Gasteiger partial charge in [0.15, 0.2) is 0 Å². The summed E-state index contributed by atoms with van der Waals surface area (Å²) in [5.74, 6) is -3.47. The summed E-state index contributed by atoms with van der Waals surface area (Å²) in [7, 11) is 0. The molecule has 0 heterocycles. The normalized spacial score (nSPS) is 12.0. The van der Waals surface area contributed by atoms with Crippen molar-refractivity contribution in [1.29, 1.82) is 0 Å². The lowest BCUT2D eigenvalue weighted by Gasteiger charge is -2.08. The van der Waals surface area contributed by atoms with Crippen molar-refractivity contribution >= 4 is 11.8 Å². The minimum atomic E-state index is -5.09. The van der Waals surface area contributed by atoms with E-state index in [4.69, 9.17) is 0 Å². The third-order valence-electron chi connectivity index (χ3n) is 1.58. The van der Waals surface area contributed by atoms with Gasteiger partial charge in [0.1, 0.15) is 5.57 Å². The summed E-state index contributed by atoms with van der Waals surface area (Å²) < 4.78 is 41.0. The highest BCUT2D eigenvalue weighted by Crippen LogP contribution is 2.21. The minimum absolute atomic E-state index is 0.101. The van der Waals surface area contributed by atoms with Crippen molar-refractivity contribution in [2.24, 2.45) is 0 Å². The molecule has 0 aromatic carbocycles. The fourth-order valence-electron chi connectivity index (χ4n) is 0.848. The van der Waals surface area contributed by atoms with E-state index in [1.165, 1.54) is 13.0 Å². The van der Waals surface area contributed by atoms with Gasteiger partial charge >= 0.3 is 12.1 Å². The van der Waals surface area contributed by atoms with E-state index in [2.05, 4.69) is 4.74 Å². The smallest absolute Gasteiger partial charge is 0.455 e. The number of hydrogen-bond donors (Lipinski definition) is 0. The fourth-order valence-corrected chi connectivity index (χ4v) is 0.848. The van der Waals surface area contributed by atoms with E-state index < -0.39 is 23.5 Å². The average Bonchev–Trinajstić information content (AvgIpc) is 2.16. The fraction of sp³-hybridized carbons (Fsp3) is 0.455. The van der Waals surface area contributed by atoms with Crippen LogP contribution >= 0.6 is 0 Å². The number of hydrogen-bond acceptors (Lipinski definition) is 3. The lowest BCUT2D eigenvalue weighted by molar-refractivity contribution is -0.168. The van der Waals surface area contributed by atoms with Gasteiger partial charge in [-0.15, -0.1) is 0 Å². The van der Waals surface area contributed by atoms with Gasteiger partial charge in [-0.25, -0.2) is 4.79 Å². The van der Waals surface area contributed by atoms with E-state index in [0.29, 0.717) is 5.57 Å². The summed E-state index contributed by atoms with van der Waals surface area (Å²) in [5.41, 5.74) is -0.359. The van der Waals surface area contributed by atoms with Crippen LogP contribution in [0.5, 0.6) is 0 Å². The van der Waals surface area contributed by atoms with Crippen molar-refractivity contribution in [2.45, 2.75) is 26.9 Å². The maximum atomic E-state index is 12.2. The molecule has 17 heavy (non-hydrogen) atoms. The molecule has 0 aromatic heterocycles. The molecule has 0 rings (SSSR count). The molecule has 96 valence electrons. The standard InChI is InChI=1S/C11H13F3O3/c1-4-17-10(16)8(6-5-7(2)3)9(15)11(12,13)14/h5-6H,4H2,1-3H3/b8-6-. The highest BCUT2D eigenvalue weighted by molar-refractivity contribution is 6.19. The van der Waals surface area contributed by atoms with Crippen molar-refractivity contribution in [3.63, 3.8) is 0 Å². The number of ketones is 1. The first kappa shape index (κ1) is 15.4. The third kappa shape index (κ3) is 5.33. The van der Waals surface area contributed by atoms with Gasteiger partial charge < -0.3 is 4.74 Å². The topological polar surface area (TPSA) is 43.4 Å². The first-order valence-electron chi connectivity index (χ1n) is 4.84. The molecule has 0 N–H and O–H groups in total. The molecule has 0 aliphatic carbocycles. The van der Waals surface area contributed by atoms with Gasteiger partial charge in [-0.2, -0.15) is 13.2 Å². The van der Waals surface area contributed by atoms with Gasteiger partial charge in [0, 0.05) is 0 Å². The molecule has 0 bridgehead atoms. The molecule has 0 unspecified atom stereocenters. The Bertz CT molecular complexity index is 361. The maximum absolute atomic E-state index is 12.2. The summed E-state index contributed by atoms with van der Waals surface area (Å²) in [6, 6.07) is 0. The molecule has 0 amide bonds. The number of ether oxygens (including phenoxy) is 1. The number of rotatable bonds is 4. The van der Waals surface area contributed by atoms with Crippen LogP contribution in [0.3, 0.4) is 0 Å². The number of esters is 1. The van der Waals surface area contributed by atoms with Crippen molar-refractivity contribution in [3.8, 4) is 0 Å². The molecule has 3 nitrogen and oxygen atoms in total. The van der Waals surface area contributed by atoms with Crippen LogP contribution in [0.25, 0.3) is 0 Å². The van der Waals surface area contributed by atoms with Crippen molar-refractivity contribution in [3.05, 3.63) is 23.3 Å². The number of carbonyl (C=O) groups excluding carboxylic acids is 2. The third-order valence-corrected chi connectivity index (χ3v) is 1.58. The van der Waals surface area contributed by atoms with Gasteiger partial charge in [0.2, 0.25) is 0 Å². The quantitative estimate of drug-likeness (QED) is 0.253. The Kier molecular flexibility index (Phi) is 5.64. The van der Waals surface area contributed by atoms with E-state index >= 15 is 0 Å². The van der Waals surface area contributed by atoms with Crippen LogP contribution in [0.1, 0.15) is 20.8 Å². The second-order valence-electron chi connectivity index (χ2n) is 3.37. The highest BCUT2D eigenvalue weighted by atomic mass is 19.4. The van der Waals surface area contributed by atoms with E-state index in [1.54, 1.807) is 13.8 Å². The lowest BCUT2D eigenvalue weighted by Crippen LogP contribution is -2.29. The first-order valence-corrected chi connectivity index (χ1v) is 4.84. The van der Waals surface area contributed by atoms with Crippen LogP contribution in [0.2, 0.25) is 0 Å². The summed E-state index contributed by atoms with van der Waals surface area (Å²) >= 11 is 0. The number of allylic oxidation sites excluding steroid dienone is 3. The van der Waals surface area contributed by atoms with E-state index in [1.807, 2.05) is 0 Å². The molecular formula is C11H13F3O3. The van der Waals surface area contributed by atoms with Gasteiger partial charge in [-0.3, -0.25) is 4.79 Å². The SMILES string of the molecule is CCOC(=O)/C(=C\C=C(C)C)C(=O)C(F)(F)F. The lowest BCUT2D eigenvalue weighted by atomic mass is 10.1. The molecule has 0 saturated heterocycles. The Balaban J connectivity index is 5.27. The molecule has 6 heteroatoms. The molecule has 0 aromatic rings. The average molecular weight is 250 g/mol. The maximum Gasteiger partial charge on any atom is 0.455 e. The van der Waals surface area contributed by atoms with Crippen LogP contribution in [0, 0.1) is 0 Å². The Morgan fingerprint density at radius 3 is 2.06 bits per heavy atom. The number of carbonyl (C=O) groups is 2. The summed E-state index contributed by atoms with van der Waals surface area (Å²) in [4.78, 5) is 22.2. The van der Waals surface area contributed by atoms with Crippen molar-refractivity contribution < 1.29 is 27.5 Å². The summed E-state index contributed by atoms with van der Waals surface area (Å²) in [6.45, 7) is 4.58. The van der Waals surface area contributed by atoms with E-state index in [0.717, 1.165) is 6.08 Å². The van der Waals surface area contributed by atoms with Crippen molar-refractivity contribution in [1.82, 2.24) is 0 Å². The second-order valence-corrected chi connectivity index (χ2v) is 3.37. The number of halogens is 3. The Morgan fingerprint density at radius 1 is 1.18 bits per heavy atom. The molecule has 0 aliphatic heterocycles. The van der Waals surface area contributed by atoms with Crippen LogP contribution < -0.4 is 0 Å². The highest BCUT2D eigenvalue weighted by Gasteiger charge is 2.43. The minimum Gasteiger partial charge on any atom is -0.462 e. The van der Waals surface area contributed by atoms with Crippen LogP contribution in [-0.2, 0) is 14.3 Å². The predicted molar refractivity (Wildman–Crippen MR) is 55.2 cm³/mol. The molecule has 0 spiro atoms. The zero-order valence-electron chi connectivity index (χ0n) is 9.72. The molecule has 0 atom stereocenters. The largest absolute Gasteiger partial charge is 0.462 e. The number of Topliss-reactive ketones (excluding diaryl/α,β-unsaturated/α-hetero) is 1. The Morgan fingerprint density at radius 2 is 1.71 bits per heavy atom. The second kappa shape index (κ2) is 6.22. The van der Waals surface area contributed by atoms with Gasteiger partial charge in [-0.05, 0) is 26.8 Å². The van der Waals surface area contributed by atoms with E-state index in [9.17, 15) is 22.8 Å². The molecule has 0 aliphatic rings. The van der Waals surface area contributed by atoms with Crippen LogP contribution in [-0.4, -0.2) is 24.5 Å². The zero-order chi connectivity index (χ0) is 13.6. The van der Waals surface area contributed by atoms with E-state index in [-0.39, 0.29) is 6.61 Å². The Labute approximate surface area is 96.9 Å². The van der Waals surface area contributed by atoms with Crippen molar-refractivity contribution in [2.75, 3.05) is 6.61 Å². The molecule has 0 radical (unpaired) electrons. The summed E-state index contributed by atoms with van der Waals surface area (Å²) in [5, 5.41) is 0. The molecule has 0 fully saturated rings. The van der Waals surface area contributed by atoms with Gasteiger partial charge in [0.25, 0.3) is 5.78 Å². The summed E-state index contributed by atoms with van der Waals surface area (Å²) in [6.07, 6.45) is -3.02. The monoisotopic (exact) mass is 250 g/mol. The molecule has 0 saturated carbocycles.